The Labute approximate surface area is 175 Å². The minimum absolute atomic E-state index is 0.116. The standard InChI is InChI=1S/C17H16B3ClFNO5S/c18-16(10-6-7-11(21)12(22)8-10)14(24)13(15(23)27-16)28-29(25,26)17(19,20)9-4-2-1-3-5-9/h1-8H,18-20,23H2/t16-/m0/s1. The van der Waals surface area contributed by atoms with Crippen molar-refractivity contribution in [3.05, 3.63) is 82.1 Å². The molecule has 1 atom stereocenters. The molecule has 0 spiro atoms. The van der Waals surface area contributed by atoms with E-state index in [1.165, 1.54) is 35.7 Å². The van der Waals surface area contributed by atoms with Crippen LogP contribution < -0.4 is 5.73 Å². The number of Topliss-reactive ketones (excluding diaryl/α,β-unsaturated/α-hetero) is 1. The van der Waals surface area contributed by atoms with Crippen molar-refractivity contribution in [1.29, 1.82) is 0 Å². The molecule has 1 aliphatic rings. The van der Waals surface area contributed by atoms with Crippen molar-refractivity contribution in [3.8, 4) is 0 Å². The highest BCUT2D eigenvalue weighted by Crippen LogP contribution is 2.38. The van der Waals surface area contributed by atoms with Crippen LogP contribution in [0.2, 0.25) is 5.02 Å². The number of halogens is 2. The lowest BCUT2D eigenvalue weighted by Gasteiger charge is -2.26. The average Bonchev–Trinajstić information content (AvgIpc) is 2.88. The van der Waals surface area contributed by atoms with Crippen molar-refractivity contribution in [2.45, 2.75) is 10.0 Å². The van der Waals surface area contributed by atoms with Gasteiger partial charge in [-0.15, -0.1) is 0 Å². The molecule has 148 valence electrons. The Morgan fingerprint density at radius 1 is 1.17 bits per heavy atom. The third-order valence-electron chi connectivity index (χ3n) is 4.93. The van der Waals surface area contributed by atoms with E-state index in [1.807, 2.05) is 0 Å². The van der Waals surface area contributed by atoms with Crippen LogP contribution >= 0.6 is 11.6 Å². The van der Waals surface area contributed by atoms with Gasteiger partial charge in [-0.25, -0.2) is 4.39 Å². The van der Waals surface area contributed by atoms with Gasteiger partial charge in [0.2, 0.25) is 17.4 Å². The van der Waals surface area contributed by atoms with Crippen molar-refractivity contribution in [2.24, 2.45) is 5.73 Å². The SMILES string of the molecule is BC(B)(c1ccccc1)S(=O)(=O)OC1=C(N)O[C@@](B)(c2ccc(Cl)c(F)c2)C1=O. The molecule has 0 saturated carbocycles. The van der Waals surface area contributed by atoms with Gasteiger partial charge in [0.05, 0.1) is 9.57 Å². The molecule has 12 heteroatoms. The summed E-state index contributed by atoms with van der Waals surface area (Å²) < 4.78 is 48.9. The van der Waals surface area contributed by atoms with E-state index in [0.29, 0.717) is 5.56 Å². The fourth-order valence-electron chi connectivity index (χ4n) is 2.90. The molecule has 0 radical (unpaired) electrons. The van der Waals surface area contributed by atoms with Crippen LogP contribution in [-0.4, -0.2) is 37.7 Å². The fourth-order valence-corrected chi connectivity index (χ4v) is 4.03. The lowest BCUT2D eigenvalue weighted by Crippen LogP contribution is -2.40. The molecular formula is C17H16B3ClFNO5S. The summed E-state index contributed by atoms with van der Waals surface area (Å²) in [5, 5.41) is -0.132. The van der Waals surface area contributed by atoms with Gasteiger partial charge < -0.3 is 14.7 Å². The molecule has 2 aromatic rings. The predicted octanol–water partition coefficient (Wildman–Crippen LogP) is -0.585. The molecular weight excluding hydrogens is 417 g/mol. The maximum atomic E-state index is 13.9. The smallest absolute Gasteiger partial charge is 0.304 e. The van der Waals surface area contributed by atoms with Gasteiger partial charge in [-0.05, 0) is 23.3 Å². The number of hydrogen-bond donors (Lipinski definition) is 1. The van der Waals surface area contributed by atoms with Gasteiger partial charge in [0.25, 0.3) is 0 Å². The molecule has 0 saturated heterocycles. The van der Waals surface area contributed by atoms with Crippen molar-refractivity contribution in [1.82, 2.24) is 0 Å². The zero-order chi connectivity index (χ0) is 21.6. The quantitative estimate of drug-likeness (QED) is 0.501. The van der Waals surface area contributed by atoms with E-state index >= 15 is 0 Å². The second-order valence-corrected chi connectivity index (χ2v) is 9.70. The van der Waals surface area contributed by atoms with Crippen molar-refractivity contribution < 1.29 is 26.5 Å². The van der Waals surface area contributed by atoms with E-state index < -0.39 is 43.4 Å². The minimum atomic E-state index is -4.34. The number of ketones is 1. The Hall–Kier alpha value is -2.39. The van der Waals surface area contributed by atoms with Crippen LogP contribution in [-0.2, 0) is 33.9 Å². The summed E-state index contributed by atoms with van der Waals surface area (Å²) in [5.74, 6) is -2.75. The van der Waals surface area contributed by atoms with Gasteiger partial charge in [-0.2, -0.15) is 8.42 Å². The highest BCUT2D eigenvalue weighted by atomic mass is 35.5. The fraction of sp³-hybridized carbons (Fsp3) is 0.118. The normalized spacial score (nSPS) is 19.9. The number of carbonyl (C=O) groups excluding carboxylic acids is 1. The first-order chi connectivity index (χ1) is 13.4. The van der Waals surface area contributed by atoms with E-state index in [2.05, 4.69) is 0 Å². The summed E-state index contributed by atoms with van der Waals surface area (Å²) in [6.07, 6.45) is 0. The first-order valence-electron chi connectivity index (χ1n) is 8.59. The molecule has 0 unspecified atom stereocenters. The van der Waals surface area contributed by atoms with Crippen molar-refractivity contribution in [3.63, 3.8) is 0 Å². The number of ether oxygens (including phenoxy) is 1. The van der Waals surface area contributed by atoms with E-state index in [4.69, 9.17) is 26.3 Å². The minimum Gasteiger partial charge on any atom is -0.467 e. The molecule has 2 aromatic carbocycles. The average molecular weight is 433 g/mol. The second-order valence-electron chi connectivity index (χ2n) is 7.20. The molecule has 0 aliphatic carbocycles. The highest BCUT2D eigenvalue weighted by molar-refractivity contribution is 7.90. The van der Waals surface area contributed by atoms with E-state index in [9.17, 15) is 17.6 Å². The monoisotopic (exact) mass is 433 g/mol. The molecule has 6 nitrogen and oxygen atoms in total. The third kappa shape index (κ3) is 3.53. The summed E-state index contributed by atoms with van der Waals surface area (Å²) >= 11 is 5.68. The number of hydrogen-bond acceptors (Lipinski definition) is 6. The first kappa shape index (κ1) is 21.3. The summed E-state index contributed by atoms with van der Waals surface area (Å²) in [5.41, 5.74) is 4.60. The van der Waals surface area contributed by atoms with Crippen molar-refractivity contribution >= 4 is 51.0 Å². The van der Waals surface area contributed by atoms with Gasteiger partial charge in [0, 0.05) is 0 Å². The molecule has 2 N–H and O–H groups in total. The maximum absolute atomic E-state index is 13.9. The van der Waals surface area contributed by atoms with E-state index in [1.54, 1.807) is 30.3 Å². The van der Waals surface area contributed by atoms with Gasteiger partial charge >= 0.3 is 10.1 Å². The summed E-state index contributed by atoms with van der Waals surface area (Å²) in [6.45, 7) is 0. The van der Waals surface area contributed by atoms with Gasteiger partial charge in [0.1, 0.15) is 21.5 Å². The Balaban J connectivity index is 1.95. The first-order valence-corrected chi connectivity index (χ1v) is 10.4. The molecule has 0 fully saturated rings. The Morgan fingerprint density at radius 3 is 2.38 bits per heavy atom. The molecule has 0 aromatic heterocycles. The number of rotatable bonds is 5. The number of carbonyl (C=O) groups is 1. The molecule has 1 heterocycles. The lowest BCUT2D eigenvalue weighted by atomic mass is 9.65. The zero-order valence-electron chi connectivity index (χ0n) is 15.9. The molecule has 0 amide bonds. The lowest BCUT2D eigenvalue weighted by molar-refractivity contribution is -0.126. The van der Waals surface area contributed by atoms with Crippen LogP contribution in [0.1, 0.15) is 11.1 Å². The van der Waals surface area contributed by atoms with E-state index in [0.717, 1.165) is 6.07 Å². The molecule has 3 rings (SSSR count). The Bertz CT molecular complexity index is 1130. The maximum Gasteiger partial charge on any atom is 0.304 e. The van der Waals surface area contributed by atoms with Gasteiger partial charge in [-0.1, -0.05) is 48.0 Å². The highest BCUT2D eigenvalue weighted by Gasteiger charge is 2.51. The van der Waals surface area contributed by atoms with Gasteiger partial charge in [0.15, 0.2) is 13.3 Å². The van der Waals surface area contributed by atoms with Crippen LogP contribution in [0.4, 0.5) is 4.39 Å². The predicted molar refractivity (Wildman–Crippen MR) is 114 cm³/mol. The summed E-state index contributed by atoms with van der Waals surface area (Å²) in [6, 6.07) is 12.1. The van der Waals surface area contributed by atoms with Crippen LogP contribution in [0.3, 0.4) is 0 Å². The van der Waals surface area contributed by atoms with E-state index in [-0.39, 0.29) is 10.6 Å². The summed E-state index contributed by atoms with van der Waals surface area (Å²) in [4.78, 5) is 13.0. The second kappa shape index (κ2) is 7.14. The summed E-state index contributed by atoms with van der Waals surface area (Å²) in [7, 11) is -0.106. The third-order valence-corrected chi connectivity index (χ3v) is 7.11. The van der Waals surface area contributed by atoms with Crippen molar-refractivity contribution in [2.75, 3.05) is 0 Å². The largest absolute Gasteiger partial charge is 0.467 e. The van der Waals surface area contributed by atoms with Crippen LogP contribution in [0, 0.1) is 5.82 Å². The number of nitrogens with two attached hydrogens (primary N) is 1. The molecule has 0 bridgehead atoms. The zero-order valence-corrected chi connectivity index (χ0v) is 17.5. The number of benzene rings is 2. The Morgan fingerprint density at radius 2 is 1.79 bits per heavy atom. The molecule has 1 aliphatic heterocycles. The topological polar surface area (TPSA) is 95.7 Å². The van der Waals surface area contributed by atoms with Gasteiger partial charge in [-0.3, -0.25) is 4.79 Å². The van der Waals surface area contributed by atoms with Crippen LogP contribution in [0.5, 0.6) is 0 Å². The molecule has 29 heavy (non-hydrogen) atoms. The Kier molecular flexibility index (Phi) is 5.25. The van der Waals surface area contributed by atoms with Crippen LogP contribution in [0.25, 0.3) is 0 Å². The van der Waals surface area contributed by atoms with Crippen LogP contribution in [0.15, 0.2) is 60.2 Å².